The van der Waals surface area contributed by atoms with Crippen molar-refractivity contribution in [3.8, 4) is 5.75 Å². The standard InChI is InChI=1S/C14H15ClN2O2/c1-3-17-8-11(7-16-17)9-19-14-5-4-12(10(2)18)6-13(14)15/h4-8H,3,9H2,1-2H3. The molecule has 0 spiro atoms. The SMILES string of the molecule is CCn1cc(COc2ccc(C(C)=O)cc2Cl)cn1. The van der Waals surface area contributed by atoms with Crippen LogP contribution < -0.4 is 4.74 Å². The molecule has 100 valence electrons. The Morgan fingerprint density at radius 1 is 1.47 bits per heavy atom. The van der Waals surface area contributed by atoms with Gasteiger partial charge in [0.2, 0.25) is 0 Å². The van der Waals surface area contributed by atoms with E-state index in [1.165, 1.54) is 6.92 Å². The Balaban J connectivity index is 2.05. The van der Waals surface area contributed by atoms with Gasteiger partial charge in [-0.25, -0.2) is 0 Å². The van der Waals surface area contributed by atoms with Gasteiger partial charge in [-0.1, -0.05) is 11.6 Å². The van der Waals surface area contributed by atoms with Crippen LogP contribution in [0.1, 0.15) is 29.8 Å². The van der Waals surface area contributed by atoms with Gasteiger partial charge in [0.05, 0.1) is 11.2 Å². The zero-order chi connectivity index (χ0) is 13.8. The van der Waals surface area contributed by atoms with Crippen molar-refractivity contribution in [1.29, 1.82) is 0 Å². The smallest absolute Gasteiger partial charge is 0.159 e. The summed E-state index contributed by atoms with van der Waals surface area (Å²) in [5.41, 5.74) is 1.56. The van der Waals surface area contributed by atoms with Gasteiger partial charge >= 0.3 is 0 Å². The summed E-state index contributed by atoms with van der Waals surface area (Å²) in [6.45, 7) is 4.76. The number of hydrogen-bond acceptors (Lipinski definition) is 3. The largest absolute Gasteiger partial charge is 0.487 e. The van der Waals surface area contributed by atoms with E-state index in [0.717, 1.165) is 12.1 Å². The highest BCUT2D eigenvalue weighted by atomic mass is 35.5. The molecule has 0 unspecified atom stereocenters. The number of carbonyl (C=O) groups is 1. The number of ketones is 1. The molecule has 5 heteroatoms. The highest BCUT2D eigenvalue weighted by molar-refractivity contribution is 6.32. The third-order valence-electron chi connectivity index (χ3n) is 2.74. The van der Waals surface area contributed by atoms with Crippen molar-refractivity contribution < 1.29 is 9.53 Å². The average Bonchev–Trinajstić information content (AvgIpc) is 2.85. The molecule has 0 saturated carbocycles. The van der Waals surface area contributed by atoms with Crippen molar-refractivity contribution in [2.24, 2.45) is 0 Å². The fourth-order valence-electron chi connectivity index (χ4n) is 1.65. The van der Waals surface area contributed by atoms with Gasteiger partial charge < -0.3 is 4.74 Å². The predicted molar refractivity (Wildman–Crippen MR) is 73.7 cm³/mol. The second kappa shape index (κ2) is 5.89. The molecule has 2 rings (SSSR count). The van der Waals surface area contributed by atoms with Gasteiger partial charge in [-0.3, -0.25) is 9.48 Å². The molecule has 0 aliphatic carbocycles. The van der Waals surface area contributed by atoms with Gasteiger partial charge in [0.1, 0.15) is 12.4 Å². The number of nitrogens with zero attached hydrogens (tertiary/aromatic N) is 2. The summed E-state index contributed by atoms with van der Waals surface area (Å²) in [6, 6.07) is 5.04. The first-order valence-electron chi connectivity index (χ1n) is 6.04. The second-order valence-corrected chi connectivity index (χ2v) is 4.60. The lowest BCUT2D eigenvalue weighted by molar-refractivity contribution is 0.101. The van der Waals surface area contributed by atoms with Gasteiger partial charge in [0.25, 0.3) is 0 Å². The average molecular weight is 279 g/mol. The minimum absolute atomic E-state index is 0.0160. The van der Waals surface area contributed by atoms with Crippen molar-refractivity contribution in [2.45, 2.75) is 27.0 Å². The molecule has 4 nitrogen and oxygen atoms in total. The molecule has 0 saturated heterocycles. The molecule has 2 aromatic rings. The summed E-state index contributed by atoms with van der Waals surface area (Å²) in [5.74, 6) is 0.550. The van der Waals surface area contributed by atoms with Crippen LogP contribution in [0.25, 0.3) is 0 Å². The minimum Gasteiger partial charge on any atom is -0.487 e. The number of carbonyl (C=O) groups excluding carboxylic acids is 1. The molecule has 19 heavy (non-hydrogen) atoms. The summed E-state index contributed by atoms with van der Waals surface area (Å²) < 4.78 is 7.45. The van der Waals surface area contributed by atoms with Crippen LogP contribution in [-0.4, -0.2) is 15.6 Å². The van der Waals surface area contributed by atoms with E-state index >= 15 is 0 Å². The fraction of sp³-hybridized carbons (Fsp3) is 0.286. The summed E-state index contributed by atoms with van der Waals surface area (Å²) >= 11 is 6.07. The first-order valence-corrected chi connectivity index (χ1v) is 6.42. The van der Waals surface area contributed by atoms with E-state index in [1.807, 2.05) is 17.8 Å². The number of aromatic nitrogens is 2. The Labute approximate surface area is 116 Å². The van der Waals surface area contributed by atoms with E-state index in [4.69, 9.17) is 16.3 Å². The Morgan fingerprint density at radius 3 is 2.84 bits per heavy atom. The highest BCUT2D eigenvalue weighted by Crippen LogP contribution is 2.26. The van der Waals surface area contributed by atoms with Crippen LogP contribution in [0.3, 0.4) is 0 Å². The lowest BCUT2D eigenvalue weighted by Crippen LogP contribution is -1.97. The summed E-state index contributed by atoms with van der Waals surface area (Å²) in [7, 11) is 0. The highest BCUT2D eigenvalue weighted by Gasteiger charge is 2.07. The summed E-state index contributed by atoms with van der Waals surface area (Å²) in [6.07, 6.45) is 3.69. The van der Waals surface area contributed by atoms with Crippen molar-refractivity contribution in [3.05, 3.63) is 46.7 Å². The van der Waals surface area contributed by atoms with E-state index in [9.17, 15) is 4.79 Å². The van der Waals surface area contributed by atoms with Crippen LogP contribution in [0, 0.1) is 0 Å². The van der Waals surface area contributed by atoms with Crippen molar-refractivity contribution in [1.82, 2.24) is 9.78 Å². The zero-order valence-electron chi connectivity index (χ0n) is 10.9. The lowest BCUT2D eigenvalue weighted by atomic mass is 10.1. The molecule has 0 aliphatic rings. The van der Waals surface area contributed by atoms with Crippen molar-refractivity contribution in [2.75, 3.05) is 0 Å². The molecule has 0 amide bonds. The maximum absolute atomic E-state index is 11.2. The summed E-state index contributed by atoms with van der Waals surface area (Å²) in [5, 5.41) is 4.61. The van der Waals surface area contributed by atoms with E-state index in [-0.39, 0.29) is 5.78 Å². The van der Waals surface area contributed by atoms with E-state index in [1.54, 1.807) is 24.4 Å². The van der Waals surface area contributed by atoms with Gasteiger partial charge in [-0.15, -0.1) is 0 Å². The maximum Gasteiger partial charge on any atom is 0.159 e. The lowest BCUT2D eigenvalue weighted by Gasteiger charge is -2.07. The molecule has 1 heterocycles. The number of benzene rings is 1. The number of halogens is 1. The second-order valence-electron chi connectivity index (χ2n) is 4.19. The van der Waals surface area contributed by atoms with E-state index < -0.39 is 0 Å². The van der Waals surface area contributed by atoms with E-state index in [2.05, 4.69) is 5.10 Å². The number of aryl methyl sites for hydroxylation is 1. The molecule has 0 atom stereocenters. The fourth-order valence-corrected chi connectivity index (χ4v) is 1.89. The van der Waals surface area contributed by atoms with E-state index in [0.29, 0.717) is 22.9 Å². The predicted octanol–water partition coefficient (Wildman–Crippen LogP) is 3.34. The number of Topliss-reactive ketones (excluding diaryl/α,β-unsaturated/α-hetero) is 1. The first kappa shape index (κ1) is 13.6. The molecule has 0 aliphatic heterocycles. The van der Waals surface area contributed by atoms with Crippen molar-refractivity contribution in [3.63, 3.8) is 0 Å². The normalized spacial score (nSPS) is 10.5. The Kier molecular flexibility index (Phi) is 4.22. The number of hydrogen-bond donors (Lipinski definition) is 0. The summed E-state index contributed by atoms with van der Waals surface area (Å²) in [4.78, 5) is 11.2. The topological polar surface area (TPSA) is 44.1 Å². The third kappa shape index (κ3) is 3.35. The van der Waals surface area contributed by atoms with Gasteiger partial charge in [0.15, 0.2) is 5.78 Å². The van der Waals surface area contributed by atoms with Gasteiger partial charge in [-0.05, 0) is 32.0 Å². The monoisotopic (exact) mass is 278 g/mol. The van der Waals surface area contributed by atoms with Crippen LogP contribution in [0.5, 0.6) is 5.75 Å². The van der Waals surface area contributed by atoms with Crippen LogP contribution in [0.4, 0.5) is 0 Å². The molecule has 1 aromatic carbocycles. The molecule has 0 fully saturated rings. The van der Waals surface area contributed by atoms with Crippen LogP contribution in [-0.2, 0) is 13.2 Å². The molecule has 1 aromatic heterocycles. The quantitative estimate of drug-likeness (QED) is 0.788. The number of ether oxygens (including phenoxy) is 1. The van der Waals surface area contributed by atoms with Gasteiger partial charge in [0, 0.05) is 23.9 Å². The van der Waals surface area contributed by atoms with Crippen LogP contribution >= 0.6 is 11.6 Å². The molecule has 0 bridgehead atoms. The molecular formula is C14H15ClN2O2. The Bertz CT molecular complexity index is 593. The van der Waals surface area contributed by atoms with Crippen LogP contribution in [0.15, 0.2) is 30.6 Å². The maximum atomic E-state index is 11.2. The first-order chi connectivity index (χ1) is 9.10. The zero-order valence-corrected chi connectivity index (χ0v) is 11.6. The van der Waals surface area contributed by atoms with Gasteiger partial charge in [-0.2, -0.15) is 5.10 Å². The number of rotatable bonds is 5. The molecular weight excluding hydrogens is 264 g/mol. The third-order valence-corrected chi connectivity index (χ3v) is 3.04. The Morgan fingerprint density at radius 2 is 2.26 bits per heavy atom. The molecule has 0 radical (unpaired) electrons. The minimum atomic E-state index is -0.0160. The van der Waals surface area contributed by atoms with Crippen LogP contribution in [0.2, 0.25) is 5.02 Å². The molecule has 0 N–H and O–H groups in total. The Hall–Kier alpha value is -1.81. The van der Waals surface area contributed by atoms with Crippen molar-refractivity contribution >= 4 is 17.4 Å².